The first kappa shape index (κ1) is 17.3. The number of esters is 1. The molecule has 1 aromatic rings. The zero-order valence-electron chi connectivity index (χ0n) is 13.9. The van der Waals surface area contributed by atoms with Crippen molar-refractivity contribution in [1.82, 2.24) is 4.90 Å². The summed E-state index contributed by atoms with van der Waals surface area (Å²) >= 11 is 0. The van der Waals surface area contributed by atoms with Crippen molar-refractivity contribution in [3.8, 4) is 5.75 Å². The molecule has 2 rings (SSSR count). The SMILES string of the molecule is CCOC(=O)[C@H]1CCCN(C(=O)[C@@H](CC)Oc2ccccc2)C1. The van der Waals surface area contributed by atoms with Gasteiger partial charge in [0.25, 0.3) is 5.91 Å². The molecular formula is C18H25NO4. The van der Waals surface area contributed by atoms with Crippen molar-refractivity contribution in [2.24, 2.45) is 5.92 Å². The first-order valence-electron chi connectivity index (χ1n) is 8.32. The summed E-state index contributed by atoms with van der Waals surface area (Å²) in [7, 11) is 0. The van der Waals surface area contributed by atoms with Gasteiger partial charge in [0.15, 0.2) is 6.10 Å². The van der Waals surface area contributed by atoms with E-state index in [0.717, 1.165) is 12.8 Å². The van der Waals surface area contributed by atoms with Gasteiger partial charge in [0.2, 0.25) is 0 Å². The molecule has 0 bridgehead atoms. The van der Waals surface area contributed by atoms with Gasteiger partial charge in [-0.15, -0.1) is 0 Å². The topological polar surface area (TPSA) is 55.8 Å². The van der Waals surface area contributed by atoms with E-state index in [1.807, 2.05) is 37.3 Å². The Morgan fingerprint density at radius 3 is 2.65 bits per heavy atom. The maximum atomic E-state index is 12.7. The van der Waals surface area contributed by atoms with Crippen molar-refractivity contribution < 1.29 is 19.1 Å². The van der Waals surface area contributed by atoms with Crippen molar-refractivity contribution in [2.75, 3.05) is 19.7 Å². The second kappa shape index (κ2) is 8.56. The molecule has 1 aliphatic heterocycles. The number of carbonyl (C=O) groups is 2. The first-order valence-corrected chi connectivity index (χ1v) is 8.32. The summed E-state index contributed by atoms with van der Waals surface area (Å²) in [6.45, 7) is 5.19. The number of amides is 1. The maximum absolute atomic E-state index is 12.7. The van der Waals surface area contributed by atoms with Crippen LogP contribution in [0, 0.1) is 5.92 Å². The molecule has 0 saturated carbocycles. The van der Waals surface area contributed by atoms with Gasteiger partial charge >= 0.3 is 5.97 Å². The van der Waals surface area contributed by atoms with Gasteiger partial charge < -0.3 is 14.4 Å². The average molecular weight is 319 g/mol. The molecule has 0 N–H and O–H groups in total. The quantitative estimate of drug-likeness (QED) is 0.756. The van der Waals surface area contributed by atoms with Crippen molar-refractivity contribution in [1.29, 1.82) is 0 Å². The summed E-state index contributed by atoms with van der Waals surface area (Å²) < 4.78 is 10.9. The minimum atomic E-state index is -0.515. The third kappa shape index (κ3) is 4.71. The number of ether oxygens (including phenoxy) is 2. The minimum Gasteiger partial charge on any atom is -0.481 e. The van der Waals surface area contributed by atoms with Crippen LogP contribution in [0.15, 0.2) is 30.3 Å². The van der Waals surface area contributed by atoms with Crippen LogP contribution in [0.2, 0.25) is 0 Å². The van der Waals surface area contributed by atoms with E-state index >= 15 is 0 Å². The normalized spacial score (nSPS) is 19.0. The molecule has 2 atom stereocenters. The predicted octanol–water partition coefficient (Wildman–Crippen LogP) is 2.65. The van der Waals surface area contributed by atoms with Gasteiger partial charge in [0.1, 0.15) is 5.75 Å². The summed E-state index contributed by atoms with van der Waals surface area (Å²) in [6.07, 6.45) is 1.67. The van der Waals surface area contributed by atoms with E-state index in [4.69, 9.17) is 9.47 Å². The highest BCUT2D eigenvalue weighted by atomic mass is 16.5. The number of benzene rings is 1. The predicted molar refractivity (Wildman–Crippen MR) is 87.1 cm³/mol. The smallest absolute Gasteiger partial charge is 0.310 e. The highest BCUT2D eigenvalue weighted by Gasteiger charge is 2.32. The molecule has 1 amide bonds. The van der Waals surface area contributed by atoms with Gasteiger partial charge in [-0.1, -0.05) is 25.1 Å². The lowest BCUT2D eigenvalue weighted by Gasteiger charge is -2.33. The Morgan fingerprint density at radius 1 is 1.26 bits per heavy atom. The highest BCUT2D eigenvalue weighted by Crippen LogP contribution is 2.21. The number of piperidine rings is 1. The summed E-state index contributed by atoms with van der Waals surface area (Å²) in [5.41, 5.74) is 0. The van der Waals surface area contributed by atoms with Crippen LogP contribution in [0.5, 0.6) is 5.75 Å². The molecule has 0 radical (unpaired) electrons. The third-order valence-corrected chi connectivity index (χ3v) is 4.02. The van der Waals surface area contributed by atoms with Crippen molar-refractivity contribution in [3.63, 3.8) is 0 Å². The number of hydrogen-bond donors (Lipinski definition) is 0. The van der Waals surface area contributed by atoms with Gasteiger partial charge in [-0.3, -0.25) is 9.59 Å². The summed E-state index contributed by atoms with van der Waals surface area (Å²) in [4.78, 5) is 26.4. The number of hydrogen-bond acceptors (Lipinski definition) is 4. The van der Waals surface area contributed by atoms with E-state index in [1.54, 1.807) is 11.8 Å². The fourth-order valence-corrected chi connectivity index (χ4v) is 2.81. The summed E-state index contributed by atoms with van der Waals surface area (Å²) in [5, 5.41) is 0. The number of likely N-dealkylation sites (tertiary alicyclic amines) is 1. The molecule has 0 unspecified atom stereocenters. The molecule has 0 aliphatic carbocycles. The number of nitrogens with zero attached hydrogens (tertiary/aromatic N) is 1. The molecule has 1 aliphatic rings. The molecule has 1 saturated heterocycles. The second-order valence-electron chi connectivity index (χ2n) is 5.70. The molecule has 126 valence electrons. The molecule has 1 fully saturated rings. The number of rotatable bonds is 6. The zero-order chi connectivity index (χ0) is 16.7. The summed E-state index contributed by atoms with van der Waals surface area (Å²) in [5.74, 6) is 0.209. The second-order valence-corrected chi connectivity index (χ2v) is 5.70. The van der Waals surface area contributed by atoms with Crippen molar-refractivity contribution >= 4 is 11.9 Å². The summed E-state index contributed by atoms with van der Waals surface area (Å²) in [6, 6.07) is 9.35. The van der Waals surface area contributed by atoms with Crippen LogP contribution in [-0.4, -0.2) is 42.6 Å². The zero-order valence-corrected chi connectivity index (χ0v) is 13.9. The Kier molecular flexibility index (Phi) is 6.44. The minimum absolute atomic E-state index is 0.0506. The van der Waals surface area contributed by atoms with Crippen LogP contribution in [0.4, 0.5) is 0 Å². The van der Waals surface area contributed by atoms with Crippen LogP contribution in [0.1, 0.15) is 33.1 Å². The molecule has 5 heteroatoms. The Morgan fingerprint density at radius 2 is 2.00 bits per heavy atom. The Hall–Kier alpha value is -2.04. The van der Waals surface area contributed by atoms with E-state index < -0.39 is 6.10 Å². The molecule has 1 aromatic carbocycles. The Bertz CT molecular complexity index is 517. The third-order valence-electron chi connectivity index (χ3n) is 4.02. The van der Waals surface area contributed by atoms with Crippen LogP contribution in [-0.2, 0) is 14.3 Å². The van der Waals surface area contributed by atoms with Crippen LogP contribution in [0.25, 0.3) is 0 Å². The van der Waals surface area contributed by atoms with Crippen LogP contribution < -0.4 is 4.74 Å². The number of para-hydroxylation sites is 1. The molecule has 23 heavy (non-hydrogen) atoms. The van der Waals surface area contributed by atoms with Crippen LogP contribution >= 0.6 is 0 Å². The fraction of sp³-hybridized carbons (Fsp3) is 0.556. The van der Waals surface area contributed by atoms with Gasteiger partial charge in [0, 0.05) is 13.1 Å². The van der Waals surface area contributed by atoms with Gasteiger partial charge in [-0.05, 0) is 38.3 Å². The Labute approximate surface area is 137 Å². The lowest BCUT2D eigenvalue weighted by Crippen LogP contribution is -2.48. The lowest BCUT2D eigenvalue weighted by atomic mass is 9.97. The van der Waals surface area contributed by atoms with E-state index in [1.165, 1.54) is 0 Å². The molecular weight excluding hydrogens is 294 g/mol. The monoisotopic (exact) mass is 319 g/mol. The maximum Gasteiger partial charge on any atom is 0.310 e. The average Bonchev–Trinajstić information content (AvgIpc) is 2.60. The molecule has 1 heterocycles. The van der Waals surface area contributed by atoms with E-state index in [9.17, 15) is 9.59 Å². The first-order chi connectivity index (χ1) is 11.2. The Balaban J connectivity index is 1.98. The van der Waals surface area contributed by atoms with E-state index in [2.05, 4.69) is 0 Å². The lowest BCUT2D eigenvalue weighted by molar-refractivity contribution is -0.152. The molecule has 5 nitrogen and oxygen atoms in total. The van der Waals surface area contributed by atoms with E-state index in [-0.39, 0.29) is 17.8 Å². The standard InChI is InChI=1S/C18H25NO4/c1-3-16(23-15-10-6-5-7-11-15)17(20)19-12-8-9-14(13-19)18(21)22-4-2/h5-7,10-11,14,16H,3-4,8-9,12-13H2,1-2H3/t14-,16+/m0/s1. The molecule has 0 aromatic heterocycles. The largest absolute Gasteiger partial charge is 0.481 e. The van der Waals surface area contributed by atoms with Gasteiger partial charge in [-0.2, -0.15) is 0 Å². The van der Waals surface area contributed by atoms with Gasteiger partial charge in [0.05, 0.1) is 12.5 Å². The highest BCUT2D eigenvalue weighted by molar-refractivity contribution is 5.82. The van der Waals surface area contributed by atoms with Crippen molar-refractivity contribution in [2.45, 2.75) is 39.2 Å². The van der Waals surface area contributed by atoms with Crippen LogP contribution in [0.3, 0.4) is 0 Å². The fourth-order valence-electron chi connectivity index (χ4n) is 2.81. The van der Waals surface area contributed by atoms with Crippen molar-refractivity contribution in [3.05, 3.63) is 30.3 Å². The van der Waals surface area contributed by atoms with Gasteiger partial charge in [-0.25, -0.2) is 0 Å². The number of carbonyl (C=O) groups excluding carboxylic acids is 2. The molecule has 0 spiro atoms. The van der Waals surface area contributed by atoms with E-state index in [0.29, 0.717) is 31.9 Å².